The maximum Gasteiger partial charge on any atom is 0.267 e. The van der Waals surface area contributed by atoms with E-state index >= 15 is 0 Å². The monoisotopic (exact) mass is 453 g/mol. The molecular weight excluding hydrogens is 434 g/mol. The number of para-hydroxylation sites is 2. The standard InChI is InChI=1S/C23H20ClN3O3S/c1-15-17(24)10-11-20-22(15)26-23(31-20)27(13-16-7-5-6-12-25-16)21(28)14-30-19-9-4-3-8-18(19)29-2/h3-12H,13-14H2,1-2H3. The lowest BCUT2D eigenvalue weighted by Gasteiger charge is -2.20. The quantitative estimate of drug-likeness (QED) is 0.381. The van der Waals surface area contributed by atoms with Crippen LogP contribution in [0.25, 0.3) is 10.2 Å². The maximum atomic E-state index is 13.2. The molecule has 0 aliphatic heterocycles. The summed E-state index contributed by atoms with van der Waals surface area (Å²) in [6, 6.07) is 16.6. The van der Waals surface area contributed by atoms with Crippen LogP contribution in [0, 0.1) is 6.92 Å². The highest BCUT2D eigenvalue weighted by atomic mass is 35.5. The summed E-state index contributed by atoms with van der Waals surface area (Å²) in [4.78, 5) is 23.9. The Morgan fingerprint density at radius 3 is 2.61 bits per heavy atom. The normalized spacial score (nSPS) is 10.8. The second-order valence-electron chi connectivity index (χ2n) is 6.76. The molecule has 0 spiro atoms. The maximum absolute atomic E-state index is 13.2. The number of fused-ring (bicyclic) bond motifs is 1. The van der Waals surface area contributed by atoms with E-state index in [1.54, 1.807) is 30.3 Å². The van der Waals surface area contributed by atoms with Gasteiger partial charge in [0, 0.05) is 11.2 Å². The summed E-state index contributed by atoms with van der Waals surface area (Å²) in [5.41, 5.74) is 2.43. The molecule has 0 bridgehead atoms. The van der Waals surface area contributed by atoms with E-state index in [-0.39, 0.29) is 19.1 Å². The molecular formula is C23H20ClN3O3S. The van der Waals surface area contributed by atoms with E-state index < -0.39 is 0 Å². The second kappa shape index (κ2) is 9.32. The van der Waals surface area contributed by atoms with Gasteiger partial charge in [-0.15, -0.1) is 0 Å². The van der Waals surface area contributed by atoms with Gasteiger partial charge >= 0.3 is 0 Å². The van der Waals surface area contributed by atoms with Crippen molar-refractivity contribution >= 4 is 44.2 Å². The molecule has 0 unspecified atom stereocenters. The van der Waals surface area contributed by atoms with Crippen molar-refractivity contribution in [2.24, 2.45) is 0 Å². The first-order chi connectivity index (χ1) is 15.1. The molecule has 2 aromatic carbocycles. The molecule has 0 saturated heterocycles. The second-order valence-corrected chi connectivity index (χ2v) is 8.17. The minimum absolute atomic E-state index is 0.164. The summed E-state index contributed by atoms with van der Waals surface area (Å²) in [6.07, 6.45) is 1.70. The van der Waals surface area contributed by atoms with Crippen molar-refractivity contribution in [3.05, 3.63) is 77.1 Å². The van der Waals surface area contributed by atoms with Crippen LogP contribution in [0.4, 0.5) is 5.13 Å². The Morgan fingerprint density at radius 2 is 1.87 bits per heavy atom. The molecule has 0 N–H and O–H groups in total. The number of pyridine rings is 1. The van der Waals surface area contributed by atoms with E-state index in [2.05, 4.69) is 4.98 Å². The molecule has 2 heterocycles. The zero-order chi connectivity index (χ0) is 21.8. The lowest BCUT2D eigenvalue weighted by molar-refractivity contribution is -0.120. The fourth-order valence-corrected chi connectivity index (χ4v) is 4.27. The van der Waals surface area contributed by atoms with Gasteiger partial charge in [-0.1, -0.05) is 41.1 Å². The average Bonchev–Trinajstić information content (AvgIpc) is 3.24. The minimum atomic E-state index is -0.237. The highest BCUT2D eigenvalue weighted by molar-refractivity contribution is 7.22. The smallest absolute Gasteiger partial charge is 0.267 e. The van der Waals surface area contributed by atoms with Crippen molar-refractivity contribution in [1.82, 2.24) is 9.97 Å². The van der Waals surface area contributed by atoms with Crippen molar-refractivity contribution < 1.29 is 14.3 Å². The highest BCUT2D eigenvalue weighted by Gasteiger charge is 2.22. The molecule has 0 saturated carbocycles. The Morgan fingerprint density at radius 1 is 1.10 bits per heavy atom. The van der Waals surface area contributed by atoms with Crippen LogP contribution in [0.3, 0.4) is 0 Å². The van der Waals surface area contributed by atoms with Crippen LogP contribution in [0.5, 0.6) is 11.5 Å². The number of benzene rings is 2. The molecule has 0 radical (unpaired) electrons. The van der Waals surface area contributed by atoms with Gasteiger partial charge in [-0.05, 0) is 48.9 Å². The number of anilines is 1. The fourth-order valence-electron chi connectivity index (χ4n) is 3.08. The number of aryl methyl sites for hydroxylation is 1. The van der Waals surface area contributed by atoms with Gasteiger partial charge in [0.15, 0.2) is 23.2 Å². The number of hydrogen-bond donors (Lipinski definition) is 0. The number of thiazole rings is 1. The summed E-state index contributed by atoms with van der Waals surface area (Å²) in [7, 11) is 1.56. The fraction of sp³-hybridized carbons (Fsp3) is 0.174. The van der Waals surface area contributed by atoms with Crippen molar-refractivity contribution in [2.75, 3.05) is 18.6 Å². The molecule has 4 aromatic rings. The van der Waals surface area contributed by atoms with Crippen molar-refractivity contribution in [1.29, 1.82) is 0 Å². The predicted molar refractivity (Wildman–Crippen MR) is 123 cm³/mol. The highest BCUT2D eigenvalue weighted by Crippen LogP contribution is 2.34. The Labute approximate surface area is 189 Å². The van der Waals surface area contributed by atoms with Gasteiger partial charge in [0.1, 0.15) is 0 Å². The van der Waals surface area contributed by atoms with Gasteiger partial charge in [-0.3, -0.25) is 14.7 Å². The van der Waals surface area contributed by atoms with Crippen LogP contribution < -0.4 is 14.4 Å². The molecule has 0 fully saturated rings. The lowest BCUT2D eigenvalue weighted by atomic mass is 10.2. The first-order valence-corrected chi connectivity index (χ1v) is 10.8. The molecule has 0 aliphatic carbocycles. The van der Waals surface area contributed by atoms with Gasteiger partial charge in [0.05, 0.1) is 29.6 Å². The van der Waals surface area contributed by atoms with E-state index in [4.69, 9.17) is 26.1 Å². The third-order valence-corrected chi connectivity index (χ3v) is 6.19. The van der Waals surface area contributed by atoms with E-state index in [1.165, 1.54) is 11.3 Å². The third kappa shape index (κ3) is 4.62. The van der Waals surface area contributed by atoms with Crippen LogP contribution in [-0.4, -0.2) is 29.6 Å². The number of amides is 1. The van der Waals surface area contributed by atoms with Gasteiger partial charge in [-0.25, -0.2) is 4.98 Å². The van der Waals surface area contributed by atoms with Crippen LogP contribution >= 0.6 is 22.9 Å². The molecule has 31 heavy (non-hydrogen) atoms. The van der Waals surface area contributed by atoms with Crippen molar-refractivity contribution in [3.8, 4) is 11.5 Å². The number of rotatable bonds is 7. The van der Waals surface area contributed by atoms with Crippen LogP contribution in [0.2, 0.25) is 5.02 Å². The van der Waals surface area contributed by atoms with Crippen LogP contribution in [0.1, 0.15) is 11.3 Å². The number of carbonyl (C=O) groups is 1. The summed E-state index contributed by atoms with van der Waals surface area (Å²) >= 11 is 7.69. The molecule has 158 valence electrons. The average molecular weight is 454 g/mol. The molecule has 6 nitrogen and oxygen atoms in total. The molecule has 0 atom stereocenters. The van der Waals surface area contributed by atoms with Gasteiger partial charge in [0.2, 0.25) is 0 Å². The number of hydrogen-bond acceptors (Lipinski definition) is 6. The first-order valence-electron chi connectivity index (χ1n) is 9.58. The number of carbonyl (C=O) groups excluding carboxylic acids is 1. The Balaban J connectivity index is 1.64. The Hall–Kier alpha value is -3.16. The van der Waals surface area contributed by atoms with Crippen LogP contribution in [0.15, 0.2) is 60.8 Å². The summed E-state index contributed by atoms with van der Waals surface area (Å²) in [5.74, 6) is 0.833. The number of ether oxygens (including phenoxy) is 2. The topological polar surface area (TPSA) is 64.6 Å². The number of nitrogens with zero attached hydrogens (tertiary/aromatic N) is 3. The number of aromatic nitrogens is 2. The summed E-state index contributed by atoms with van der Waals surface area (Å²) in [5, 5.41) is 1.21. The Kier molecular flexibility index (Phi) is 6.34. The molecule has 8 heteroatoms. The first kappa shape index (κ1) is 21.1. The molecule has 2 aromatic heterocycles. The van der Waals surface area contributed by atoms with Gasteiger partial charge in [0.25, 0.3) is 5.91 Å². The summed E-state index contributed by atoms with van der Waals surface area (Å²) < 4.78 is 12.0. The van der Waals surface area contributed by atoms with E-state index in [0.717, 1.165) is 21.5 Å². The number of halogens is 1. The predicted octanol–water partition coefficient (Wildman–Crippen LogP) is 5.27. The molecule has 4 rings (SSSR count). The lowest BCUT2D eigenvalue weighted by Crippen LogP contribution is -2.34. The third-order valence-electron chi connectivity index (χ3n) is 4.74. The minimum Gasteiger partial charge on any atom is -0.493 e. The van der Waals surface area contributed by atoms with Crippen molar-refractivity contribution in [2.45, 2.75) is 13.5 Å². The van der Waals surface area contributed by atoms with Crippen LogP contribution in [-0.2, 0) is 11.3 Å². The Bertz CT molecular complexity index is 1210. The molecule has 1 amide bonds. The van der Waals surface area contributed by atoms with E-state index in [9.17, 15) is 4.79 Å². The van der Waals surface area contributed by atoms with Gasteiger partial charge in [-0.2, -0.15) is 0 Å². The zero-order valence-electron chi connectivity index (χ0n) is 17.0. The van der Waals surface area contributed by atoms with Crippen molar-refractivity contribution in [3.63, 3.8) is 0 Å². The number of methoxy groups -OCH3 is 1. The zero-order valence-corrected chi connectivity index (χ0v) is 18.6. The van der Waals surface area contributed by atoms with E-state index in [0.29, 0.717) is 21.7 Å². The van der Waals surface area contributed by atoms with Gasteiger partial charge < -0.3 is 9.47 Å². The molecule has 0 aliphatic rings. The SMILES string of the molecule is COc1ccccc1OCC(=O)N(Cc1ccccn1)c1nc2c(C)c(Cl)ccc2s1. The van der Waals surface area contributed by atoms with E-state index in [1.807, 2.05) is 49.4 Å². The largest absolute Gasteiger partial charge is 0.493 e. The summed E-state index contributed by atoms with van der Waals surface area (Å²) in [6.45, 7) is 2.04.